The Morgan fingerprint density at radius 1 is 0.927 bits per heavy atom. The maximum atomic E-state index is 14.1. The highest BCUT2D eigenvalue weighted by Gasteiger charge is 2.34. The van der Waals surface area contributed by atoms with Gasteiger partial charge in [0.05, 0.1) is 17.2 Å². The largest absolute Gasteiger partial charge is 0.492 e. The summed E-state index contributed by atoms with van der Waals surface area (Å²) in [6.07, 6.45) is 0. The number of benzene rings is 3. The van der Waals surface area contributed by atoms with Crippen LogP contribution in [0.15, 0.2) is 77.7 Å². The lowest BCUT2D eigenvalue weighted by atomic mass is 10.1. The number of hydrogen-bond acceptors (Lipinski definition) is 5. The van der Waals surface area contributed by atoms with Crippen molar-refractivity contribution < 1.29 is 22.7 Å². The van der Waals surface area contributed by atoms with E-state index in [2.05, 4.69) is 5.32 Å². The second-order valence-electron chi connectivity index (χ2n) is 11.2. The summed E-state index contributed by atoms with van der Waals surface area (Å²) < 4.78 is 35.0. The molecule has 3 aromatic rings. The van der Waals surface area contributed by atoms with Gasteiger partial charge in [-0.05, 0) is 78.3 Å². The molecule has 0 aromatic heterocycles. The van der Waals surface area contributed by atoms with Crippen LogP contribution in [0.5, 0.6) is 5.75 Å². The number of carbonyl (C=O) groups excluding carboxylic acids is 2. The van der Waals surface area contributed by atoms with Crippen molar-refractivity contribution in [1.82, 2.24) is 10.2 Å². The maximum absolute atomic E-state index is 14.1. The van der Waals surface area contributed by atoms with Crippen LogP contribution in [0.3, 0.4) is 0 Å². The Bertz CT molecular complexity index is 1460. The SMILES string of the molecule is CCOc1ccccc1N(CC(=O)N(Cc1cccc(C)c1)C(C)C(=O)NC(C)(C)C)S(=O)(=O)c1ccc(C)cc1. The Morgan fingerprint density at radius 2 is 1.59 bits per heavy atom. The van der Waals surface area contributed by atoms with Gasteiger partial charge in [-0.1, -0.05) is 59.7 Å². The predicted octanol–water partition coefficient (Wildman–Crippen LogP) is 5.23. The monoisotopic (exact) mass is 579 g/mol. The number of para-hydroxylation sites is 2. The molecule has 0 bridgehead atoms. The lowest BCUT2D eigenvalue weighted by Gasteiger charge is -2.34. The normalized spacial score (nSPS) is 12.4. The Balaban J connectivity index is 2.09. The van der Waals surface area contributed by atoms with Crippen molar-refractivity contribution in [3.63, 3.8) is 0 Å². The molecule has 1 N–H and O–H groups in total. The summed E-state index contributed by atoms with van der Waals surface area (Å²) in [4.78, 5) is 28.9. The molecule has 1 atom stereocenters. The first-order chi connectivity index (χ1) is 19.2. The molecular weight excluding hydrogens is 538 g/mol. The highest BCUT2D eigenvalue weighted by Crippen LogP contribution is 2.33. The van der Waals surface area contributed by atoms with Gasteiger partial charge in [-0.2, -0.15) is 0 Å². The van der Waals surface area contributed by atoms with E-state index in [1.807, 2.05) is 58.9 Å². The number of ether oxygens (including phenoxy) is 1. The van der Waals surface area contributed by atoms with E-state index in [9.17, 15) is 18.0 Å². The van der Waals surface area contributed by atoms with Crippen LogP contribution in [0.25, 0.3) is 0 Å². The van der Waals surface area contributed by atoms with Crippen molar-refractivity contribution in [3.8, 4) is 5.75 Å². The Hall–Kier alpha value is -3.85. The van der Waals surface area contributed by atoms with E-state index in [0.29, 0.717) is 12.4 Å². The van der Waals surface area contributed by atoms with Gasteiger partial charge in [0.1, 0.15) is 18.3 Å². The fourth-order valence-corrected chi connectivity index (χ4v) is 5.78. The minimum atomic E-state index is -4.19. The fourth-order valence-electron chi connectivity index (χ4n) is 4.36. The van der Waals surface area contributed by atoms with Crippen LogP contribution < -0.4 is 14.4 Å². The number of hydrogen-bond donors (Lipinski definition) is 1. The minimum absolute atomic E-state index is 0.0472. The molecule has 3 rings (SSSR count). The number of amides is 2. The highest BCUT2D eigenvalue weighted by molar-refractivity contribution is 7.92. The standard InChI is InChI=1S/C32H41N3O5S/c1-8-40-29-15-10-9-14-28(29)35(41(38,39)27-18-16-23(2)17-19-27)22-30(36)34(21-26-13-11-12-24(3)20-26)25(4)31(37)33-32(5,6)7/h9-20,25H,8,21-22H2,1-7H3,(H,33,37). The van der Waals surface area contributed by atoms with Crippen molar-refractivity contribution in [2.45, 2.75) is 71.5 Å². The summed E-state index contributed by atoms with van der Waals surface area (Å²) in [7, 11) is -4.19. The predicted molar refractivity (Wildman–Crippen MR) is 162 cm³/mol. The number of anilines is 1. The molecule has 8 nitrogen and oxygen atoms in total. The molecule has 0 spiro atoms. The van der Waals surface area contributed by atoms with E-state index in [4.69, 9.17) is 4.74 Å². The summed E-state index contributed by atoms with van der Waals surface area (Å²) in [6.45, 7) is 12.8. The molecule has 0 radical (unpaired) electrons. The van der Waals surface area contributed by atoms with E-state index in [0.717, 1.165) is 21.0 Å². The van der Waals surface area contributed by atoms with Gasteiger partial charge < -0.3 is 15.0 Å². The molecule has 0 saturated heterocycles. The van der Waals surface area contributed by atoms with Gasteiger partial charge in [0, 0.05) is 12.1 Å². The second-order valence-corrected chi connectivity index (χ2v) is 13.0. The third-order valence-electron chi connectivity index (χ3n) is 6.42. The van der Waals surface area contributed by atoms with Crippen LogP contribution in [0.4, 0.5) is 5.69 Å². The molecular formula is C32H41N3O5S. The van der Waals surface area contributed by atoms with Crippen LogP contribution in [0, 0.1) is 13.8 Å². The lowest BCUT2D eigenvalue weighted by molar-refractivity contribution is -0.140. The molecule has 3 aromatic carbocycles. The van der Waals surface area contributed by atoms with Crippen molar-refractivity contribution in [2.24, 2.45) is 0 Å². The zero-order chi connectivity index (χ0) is 30.4. The van der Waals surface area contributed by atoms with E-state index in [1.165, 1.54) is 17.0 Å². The number of nitrogens with zero attached hydrogens (tertiary/aromatic N) is 2. The van der Waals surface area contributed by atoms with Gasteiger partial charge in [-0.3, -0.25) is 13.9 Å². The van der Waals surface area contributed by atoms with Gasteiger partial charge in [0.25, 0.3) is 10.0 Å². The highest BCUT2D eigenvalue weighted by atomic mass is 32.2. The van der Waals surface area contributed by atoms with Crippen LogP contribution in [-0.4, -0.2) is 49.9 Å². The number of nitrogens with one attached hydrogen (secondary N) is 1. The fraction of sp³-hybridized carbons (Fsp3) is 0.375. The molecule has 0 saturated carbocycles. The van der Waals surface area contributed by atoms with Gasteiger partial charge >= 0.3 is 0 Å². The van der Waals surface area contributed by atoms with Crippen LogP contribution in [0.2, 0.25) is 0 Å². The quantitative estimate of drug-likeness (QED) is 0.336. The molecule has 0 aliphatic carbocycles. The molecule has 0 heterocycles. The molecule has 0 fully saturated rings. The van der Waals surface area contributed by atoms with Gasteiger partial charge in [0.15, 0.2) is 0 Å². The van der Waals surface area contributed by atoms with Gasteiger partial charge in [-0.25, -0.2) is 8.42 Å². The van der Waals surface area contributed by atoms with E-state index in [-0.39, 0.29) is 23.0 Å². The lowest BCUT2D eigenvalue weighted by Crippen LogP contribution is -2.54. The third-order valence-corrected chi connectivity index (χ3v) is 8.20. The molecule has 0 aliphatic heterocycles. The molecule has 0 aliphatic rings. The number of aryl methyl sites for hydroxylation is 2. The number of carbonyl (C=O) groups is 2. The van der Waals surface area contributed by atoms with E-state index in [1.54, 1.807) is 50.2 Å². The first kappa shape index (κ1) is 31.7. The van der Waals surface area contributed by atoms with E-state index < -0.39 is 34.1 Å². The van der Waals surface area contributed by atoms with Crippen molar-refractivity contribution in [2.75, 3.05) is 17.5 Å². The average Bonchev–Trinajstić information content (AvgIpc) is 2.90. The smallest absolute Gasteiger partial charge is 0.264 e. The summed E-state index contributed by atoms with van der Waals surface area (Å²) in [6, 6.07) is 20.0. The van der Waals surface area contributed by atoms with Crippen molar-refractivity contribution in [3.05, 3.63) is 89.5 Å². The number of sulfonamides is 1. The van der Waals surface area contributed by atoms with Crippen molar-refractivity contribution >= 4 is 27.5 Å². The number of rotatable bonds is 11. The molecule has 41 heavy (non-hydrogen) atoms. The van der Waals surface area contributed by atoms with Crippen molar-refractivity contribution in [1.29, 1.82) is 0 Å². The molecule has 1 unspecified atom stereocenters. The van der Waals surface area contributed by atoms with Gasteiger partial charge in [0.2, 0.25) is 11.8 Å². The second kappa shape index (κ2) is 13.2. The first-order valence-electron chi connectivity index (χ1n) is 13.7. The summed E-state index contributed by atoms with van der Waals surface area (Å²) in [5, 5.41) is 2.94. The minimum Gasteiger partial charge on any atom is -0.492 e. The van der Waals surface area contributed by atoms with Gasteiger partial charge in [-0.15, -0.1) is 0 Å². The van der Waals surface area contributed by atoms with Crippen LogP contribution in [-0.2, 0) is 26.2 Å². The molecule has 220 valence electrons. The Morgan fingerprint density at radius 3 is 2.20 bits per heavy atom. The molecule has 2 amide bonds. The van der Waals surface area contributed by atoms with Crippen LogP contribution >= 0.6 is 0 Å². The summed E-state index contributed by atoms with van der Waals surface area (Å²) in [5.74, 6) is -0.520. The Labute approximate surface area is 244 Å². The zero-order valence-corrected chi connectivity index (χ0v) is 25.8. The molecule has 9 heteroatoms. The first-order valence-corrected chi connectivity index (χ1v) is 15.1. The third kappa shape index (κ3) is 8.33. The Kier molecular flexibility index (Phi) is 10.2. The van der Waals surface area contributed by atoms with E-state index >= 15 is 0 Å². The average molecular weight is 580 g/mol. The maximum Gasteiger partial charge on any atom is 0.264 e. The zero-order valence-electron chi connectivity index (χ0n) is 25.0. The summed E-state index contributed by atoms with van der Waals surface area (Å²) >= 11 is 0. The van der Waals surface area contributed by atoms with Crippen LogP contribution in [0.1, 0.15) is 51.3 Å². The topological polar surface area (TPSA) is 96.0 Å². The summed E-state index contributed by atoms with van der Waals surface area (Å²) in [5.41, 5.74) is 2.47.